The zero-order valence-electron chi connectivity index (χ0n) is 57.4. The van der Waals surface area contributed by atoms with Crippen LogP contribution in [0.5, 0.6) is 0 Å². The van der Waals surface area contributed by atoms with Crippen LogP contribution < -0.4 is 20.7 Å². The fourth-order valence-electron chi connectivity index (χ4n) is 7.66. The quantitative estimate of drug-likeness (QED) is 0.119. The van der Waals surface area contributed by atoms with Crippen molar-refractivity contribution in [2.45, 2.75) is 13.8 Å². The molecule has 0 spiro atoms. The molecule has 0 N–H and O–H groups in total. The highest BCUT2D eigenvalue weighted by atomic mass is 28.3. The number of aryl methyl sites for hydroxylation is 1. The largest absolute Gasteiger partial charge is 0.278 e. The second-order valence-electron chi connectivity index (χ2n) is 13.3. The highest BCUT2D eigenvalue weighted by molar-refractivity contribution is 7.20. The molecule has 0 radical (unpaired) electrons. The first-order valence-electron chi connectivity index (χ1n) is 31.4. The van der Waals surface area contributed by atoms with Gasteiger partial charge in [-0.2, -0.15) is 15.0 Å². The monoisotopic (exact) mass is 800 g/mol. The lowest BCUT2D eigenvalue weighted by atomic mass is 10.2. The molecule has 0 aliphatic heterocycles. The van der Waals surface area contributed by atoms with E-state index in [0.29, 0.717) is 5.56 Å². The molecule has 0 fully saturated rings. The first-order chi connectivity index (χ1) is 40.3. The highest BCUT2D eigenvalue weighted by Crippen LogP contribution is 2.34. The molecule has 5 nitrogen and oxygen atoms in total. The molecular weight excluding hydrogens is 735 g/mol. The molecule has 0 aliphatic carbocycles. The van der Waals surface area contributed by atoms with Gasteiger partial charge in [0.05, 0.1) is 55.0 Å². The van der Waals surface area contributed by atoms with Crippen molar-refractivity contribution < 1.29 is 37.0 Å². The van der Waals surface area contributed by atoms with Crippen LogP contribution in [-0.4, -0.2) is 32.2 Å². The zero-order chi connectivity index (χ0) is 62.9. The van der Waals surface area contributed by atoms with Gasteiger partial charge in [-0.25, -0.2) is 0 Å². The third-order valence-electron chi connectivity index (χ3n) is 10.1. The van der Waals surface area contributed by atoms with E-state index in [2.05, 4.69) is 4.98 Å². The molecule has 280 valence electrons. The van der Waals surface area contributed by atoms with Crippen LogP contribution in [0.1, 0.15) is 48.1 Å². The minimum atomic E-state index is -5.18. The summed E-state index contributed by atoms with van der Waals surface area (Å²) in [4.78, 5) is 14.1. The number of benzene rings is 8. The second kappa shape index (κ2) is 13.9. The standard InChI is InChI=1S/C53H39N5Si/c1-36-19-6-16-33-49(36)59(39-22-4-3-5-23-39,50-34-17-7-20-37(50)2)40-24-18-21-38(35-40)51-54-52(57-45-29-12-8-25-41(45)42-26-9-13-30-46(42)57)56-53(55-51)58-47-31-14-10-27-43(47)44-28-11-15-32-48(44)58/h3-35H,1-2H3/i1D3,6D,8D,9D,10D,11D,12D,13D,14D,15D,16D,18D,19D,21D,24D,25D,26D,27D,28D,29D,30D,31D,32D,33D,35D. The summed E-state index contributed by atoms with van der Waals surface area (Å²) in [6.45, 7) is -1.77. The van der Waals surface area contributed by atoms with Gasteiger partial charge in [0, 0.05) is 31.2 Å². The lowest BCUT2D eigenvalue weighted by Crippen LogP contribution is -2.75. The molecule has 11 aromatic rings. The lowest BCUT2D eigenvalue weighted by molar-refractivity contribution is 0.893. The Labute approximate surface area is 381 Å². The molecule has 1 atom stereocenters. The van der Waals surface area contributed by atoms with Gasteiger partial charge in [-0.15, -0.1) is 0 Å². The number of para-hydroxylation sites is 4. The van der Waals surface area contributed by atoms with Crippen molar-refractivity contribution in [3.05, 3.63) is 211 Å². The number of fused-ring (bicyclic) bond motifs is 6. The molecule has 0 amide bonds. The van der Waals surface area contributed by atoms with Crippen LogP contribution in [0.15, 0.2) is 200 Å². The predicted octanol–water partition coefficient (Wildman–Crippen LogP) is 9.73. The van der Waals surface area contributed by atoms with Gasteiger partial charge in [-0.1, -0.05) is 187 Å². The van der Waals surface area contributed by atoms with Crippen molar-refractivity contribution in [3.8, 4) is 23.3 Å². The molecule has 3 aromatic heterocycles. The molecule has 8 aromatic carbocycles. The van der Waals surface area contributed by atoms with Crippen LogP contribution in [0.4, 0.5) is 0 Å². The lowest BCUT2D eigenvalue weighted by Gasteiger charge is -2.36. The van der Waals surface area contributed by atoms with E-state index < -0.39 is 243 Å². The maximum atomic E-state index is 10.6. The van der Waals surface area contributed by atoms with Gasteiger partial charge in [0.1, 0.15) is 0 Å². The van der Waals surface area contributed by atoms with Crippen molar-refractivity contribution in [1.82, 2.24) is 24.1 Å². The zero-order valence-corrected chi connectivity index (χ0v) is 31.4. The molecule has 0 aliphatic rings. The minimum Gasteiger partial charge on any atom is -0.278 e. The SMILES string of the molecule is [2H]c1c([2H])c([2H])c([Si](c2ccccc2)(c2ccccc2C)c2c([2H])c([2H])c([2H])c(-c3nc(-n4c5c([2H])c([2H])c([2H])c([2H])c5c5c([2H])c([2H])c([2H])c([2H])c54)nc(-n4c5c([2H])c([2H])c([2H])c([2H])c5c5c([2H])c([2H])c([2H])c([2H])c54)n3)c2[2H])c(C([2H])([2H])[2H])c1[2H]. The Morgan fingerprint density at radius 3 is 1.53 bits per heavy atom. The molecule has 0 saturated heterocycles. The van der Waals surface area contributed by atoms with Crippen LogP contribution in [0.3, 0.4) is 0 Å². The van der Waals surface area contributed by atoms with Gasteiger partial charge in [0.25, 0.3) is 0 Å². The Hall–Kier alpha value is -7.41. The van der Waals surface area contributed by atoms with Gasteiger partial charge in [0.15, 0.2) is 13.9 Å². The average Bonchev–Trinajstić information content (AvgIpc) is 1.01. The summed E-state index contributed by atoms with van der Waals surface area (Å²) in [5, 5.41) is -2.85. The topological polar surface area (TPSA) is 48.5 Å². The smallest absolute Gasteiger partial charge is 0.240 e. The first-order valence-corrected chi connectivity index (χ1v) is 19.9. The summed E-state index contributed by atoms with van der Waals surface area (Å²) in [6, 6.07) is -7.29. The summed E-state index contributed by atoms with van der Waals surface area (Å²) >= 11 is 0. The highest BCUT2D eigenvalue weighted by Gasteiger charge is 2.43. The molecular formula is C53H39N5Si. The number of hydrogen-bond acceptors (Lipinski definition) is 3. The average molecular weight is 801 g/mol. The minimum absolute atomic E-state index is 0.106. The van der Waals surface area contributed by atoms with Gasteiger partial charge >= 0.3 is 0 Å². The van der Waals surface area contributed by atoms with Gasteiger partial charge in [0.2, 0.25) is 11.9 Å². The second-order valence-corrected chi connectivity index (χ2v) is 16.9. The van der Waals surface area contributed by atoms with E-state index in [0.717, 1.165) is 9.13 Å². The Kier molecular flexibility index (Phi) is 3.96. The van der Waals surface area contributed by atoms with E-state index in [-0.39, 0.29) is 10.4 Å². The summed E-state index contributed by atoms with van der Waals surface area (Å²) in [6.07, 6.45) is 0. The molecule has 11 rings (SSSR count). The normalized spacial score (nSPS) is 19.4. The number of hydrogen-bond donors (Lipinski definition) is 0. The van der Waals surface area contributed by atoms with E-state index in [1.807, 2.05) is 0 Å². The van der Waals surface area contributed by atoms with E-state index in [9.17, 15) is 13.7 Å². The van der Waals surface area contributed by atoms with Crippen LogP contribution in [-0.2, 0) is 0 Å². The predicted molar refractivity (Wildman–Crippen MR) is 247 cm³/mol. The van der Waals surface area contributed by atoms with Crippen LogP contribution in [0.2, 0.25) is 0 Å². The molecule has 0 bridgehead atoms. The number of rotatable bonds is 7. The summed E-state index contributed by atoms with van der Waals surface area (Å²) in [5.41, 5.74) is -3.78. The van der Waals surface area contributed by atoms with E-state index in [1.165, 1.54) is 36.4 Å². The number of aromatic nitrogens is 5. The summed E-state index contributed by atoms with van der Waals surface area (Å²) < 4.78 is 249. The molecule has 0 saturated carbocycles. The van der Waals surface area contributed by atoms with Gasteiger partial charge in [-0.05, 0) is 58.7 Å². The molecule has 1 unspecified atom stereocenters. The molecule has 59 heavy (non-hydrogen) atoms. The van der Waals surface area contributed by atoms with Gasteiger partial charge in [-0.3, -0.25) is 9.13 Å². The maximum Gasteiger partial charge on any atom is 0.240 e. The van der Waals surface area contributed by atoms with Crippen molar-refractivity contribution in [2.24, 2.45) is 0 Å². The molecule has 6 heteroatoms. The summed E-state index contributed by atoms with van der Waals surface area (Å²) in [7, 11) is -5.18. The third-order valence-corrected chi connectivity index (χ3v) is 14.8. The fourth-order valence-corrected chi connectivity index (χ4v) is 12.3. The number of nitrogens with zero attached hydrogens (tertiary/aromatic N) is 5. The van der Waals surface area contributed by atoms with Gasteiger partial charge < -0.3 is 0 Å². The Morgan fingerprint density at radius 1 is 0.458 bits per heavy atom. The van der Waals surface area contributed by atoms with Crippen molar-refractivity contribution >= 4 is 72.4 Å². The van der Waals surface area contributed by atoms with Crippen molar-refractivity contribution in [3.63, 3.8) is 0 Å². The third kappa shape index (κ3) is 5.41. The van der Waals surface area contributed by atoms with Crippen LogP contribution in [0.25, 0.3) is 66.9 Å². The first kappa shape index (κ1) is 16.8. The Balaban J connectivity index is 1.45. The van der Waals surface area contributed by atoms with E-state index in [4.69, 9.17) is 33.3 Å². The molecule has 3 heterocycles. The van der Waals surface area contributed by atoms with Crippen LogP contribution in [0, 0.1) is 13.8 Å². The Morgan fingerprint density at radius 2 is 0.966 bits per heavy atom. The van der Waals surface area contributed by atoms with Crippen LogP contribution >= 0.6 is 0 Å². The van der Waals surface area contributed by atoms with Crippen molar-refractivity contribution in [2.75, 3.05) is 0 Å². The maximum absolute atomic E-state index is 10.6. The van der Waals surface area contributed by atoms with E-state index >= 15 is 0 Å². The van der Waals surface area contributed by atoms with Crippen molar-refractivity contribution in [1.29, 1.82) is 0 Å². The Bertz CT molecular complexity index is 4550. The summed E-state index contributed by atoms with van der Waals surface area (Å²) in [5.74, 6) is -2.72. The van der Waals surface area contributed by atoms with E-state index in [1.54, 1.807) is 25.1 Å². The fraction of sp³-hybridized carbons (Fsp3) is 0.0377.